The number of halogens is 1. The smallest absolute Gasteiger partial charge is 0.230 e. The maximum absolute atomic E-state index is 12.3. The number of nitrogens with zero attached hydrogens (tertiary/aromatic N) is 1. The number of aryl methyl sites for hydroxylation is 2. The van der Waals surface area contributed by atoms with Crippen LogP contribution in [-0.2, 0) is 11.2 Å². The highest BCUT2D eigenvalue weighted by molar-refractivity contribution is 7.23. The van der Waals surface area contributed by atoms with Crippen molar-refractivity contribution < 1.29 is 9.53 Å². The van der Waals surface area contributed by atoms with Crippen molar-refractivity contribution in [2.45, 2.75) is 20.3 Å². The third kappa shape index (κ3) is 3.37. The number of aromatic nitrogens is 1. The number of hydrogen-bond donors (Lipinski definition) is 1. The standard InChI is InChI=1S/C18H17ClN2O2S/c1-10-4-6-13(19)17-16(10)21-18(24-17)20-15(22)9-12-5-7-14(23-3)11(2)8-12/h4-8H,9H2,1-3H3,(H,20,21,22). The van der Waals surface area contributed by atoms with Crippen molar-refractivity contribution in [3.63, 3.8) is 0 Å². The lowest BCUT2D eigenvalue weighted by molar-refractivity contribution is -0.115. The lowest BCUT2D eigenvalue weighted by Gasteiger charge is -2.07. The average molecular weight is 361 g/mol. The SMILES string of the molecule is COc1ccc(CC(=O)Nc2nc3c(C)ccc(Cl)c3s2)cc1C. The average Bonchev–Trinajstić information content (AvgIpc) is 2.96. The molecule has 3 aromatic rings. The zero-order valence-electron chi connectivity index (χ0n) is 13.6. The number of carbonyl (C=O) groups excluding carboxylic acids is 1. The maximum Gasteiger partial charge on any atom is 0.230 e. The van der Waals surface area contributed by atoms with Gasteiger partial charge in [-0.15, -0.1) is 0 Å². The minimum atomic E-state index is -0.104. The Labute approximate surface area is 149 Å². The first kappa shape index (κ1) is 16.7. The van der Waals surface area contributed by atoms with Crippen molar-refractivity contribution in [3.05, 3.63) is 52.0 Å². The molecule has 24 heavy (non-hydrogen) atoms. The molecule has 0 aliphatic heterocycles. The molecule has 0 saturated heterocycles. The van der Waals surface area contributed by atoms with E-state index in [1.807, 2.05) is 44.2 Å². The quantitative estimate of drug-likeness (QED) is 0.730. The number of thiazole rings is 1. The van der Waals surface area contributed by atoms with E-state index < -0.39 is 0 Å². The fourth-order valence-electron chi connectivity index (χ4n) is 2.55. The van der Waals surface area contributed by atoms with Crippen LogP contribution in [0, 0.1) is 13.8 Å². The second kappa shape index (κ2) is 6.79. The van der Waals surface area contributed by atoms with Gasteiger partial charge in [-0.25, -0.2) is 4.98 Å². The molecule has 0 spiro atoms. The van der Waals surface area contributed by atoms with Gasteiger partial charge in [0.2, 0.25) is 5.91 Å². The Morgan fingerprint density at radius 2 is 2.04 bits per heavy atom. The number of carbonyl (C=O) groups is 1. The number of methoxy groups -OCH3 is 1. The molecule has 0 saturated carbocycles. The lowest BCUT2D eigenvalue weighted by atomic mass is 10.1. The van der Waals surface area contributed by atoms with Crippen LogP contribution >= 0.6 is 22.9 Å². The summed E-state index contributed by atoms with van der Waals surface area (Å²) >= 11 is 7.59. The highest BCUT2D eigenvalue weighted by atomic mass is 35.5. The summed E-state index contributed by atoms with van der Waals surface area (Å²) in [4.78, 5) is 16.8. The van der Waals surface area contributed by atoms with E-state index in [1.165, 1.54) is 11.3 Å². The molecule has 0 radical (unpaired) electrons. The first-order valence-corrected chi connectivity index (χ1v) is 8.66. The zero-order valence-corrected chi connectivity index (χ0v) is 15.2. The minimum Gasteiger partial charge on any atom is -0.496 e. The molecule has 0 bridgehead atoms. The molecule has 1 N–H and O–H groups in total. The van der Waals surface area contributed by atoms with Gasteiger partial charge in [0, 0.05) is 0 Å². The molecule has 1 aromatic heterocycles. The highest BCUT2D eigenvalue weighted by Gasteiger charge is 2.12. The Kier molecular flexibility index (Phi) is 4.73. The van der Waals surface area contributed by atoms with Crippen LogP contribution in [0.3, 0.4) is 0 Å². The van der Waals surface area contributed by atoms with Gasteiger partial charge in [0.1, 0.15) is 5.75 Å². The number of anilines is 1. The predicted molar refractivity (Wildman–Crippen MR) is 99.4 cm³/mol. The number of ether oxygens (including phenoxy) is 1. The lowest BCUT2D eigenvalue weighted by Crippen LogP contribution is -2.14. The Bertz CT molecular complexity index is 882. The van der Waals surface area contributed by atoms with Crippen molar-refractivity contribution in [1.82, 2.24) is 4.98 Å². The second-order valence-corrected chi connectivity index (χ2v) is 7.00. The van der Waals surface area contributed by atoms with E-state index in [-0.39, 0.29) is 12.3 Å². The molecule has 1 amide bonds. The van der Waals surface area contributed by atoms with Crippen molar-refractivity contribution in [2.24, 2.45) is 0 Å². The van der Waals surface area contributed by atoms with E-state index in [9.17, 15) is 4.79 Å². The number of rotatable bonds is 4. The Morgan fingerprint density at radius 3 is 2.71 bits per heavy atom. The molecule has 124 valence electrons. The monoisotopic (exact) mass is 360 g/mol. The van der Waals surface area contributed by atoms with Gasteiger partial charge < -0.3 is 10.1 Å². The van der Waals surface area contributed by atoms with Crippen molar-refractivity contribution in [3.8, 4) is 5.75 Å². The summed E-state index contributed by atoms with van der Waals surface area (Å²) in [7, 11) is 1.63. The molecule has 0 aliphatic rings. The molecule has 0 atom stereocenters. The molecular weight excluding hydrogens is 344 g/mol. The Morgan fingerprint density at radius 1 is 1.25 bits per heavy atom. The fourth-order valence-corrected chi connectivity index (χ4v) is 3.79. The molecule has 1 heterocycles. The number of hydrogen-bond acceptors (Lipinski definition) is 4. The molecule has 0 fully saturated rings. The van der Waals surface area contributed by atoms with Gasteiger partial charge in [-0.1, -0.05) is 41.1 Å². The molecule has 6 heteroatoms. The van der Waals surface area contributed by atoms with Crippen molar-refractivity contribution in [1.29, 1.82) is 0 Å². The van der Waals surface area contributed by atoms with Gasteiger partial charge in [0.15, 0.2) is 5.13 Å². The fraction of sp³-hybridized carbons (Fsp3) is 0.222. The van der Waals surface area contributed by atoms with Crippen LogP contribution in [0.2, 0.25) is 5.02 Å². The van der Waals surface area contributed by atoms with Gasteiger partial charge in [-0.2, -0.15) is 0 Å². The van der Waals surface area contributed by atoms with Crippen LogP contribution in [0.25, 0.3) is 10.2 Å². The van der Waals surface area contributed by atoms with Crippen LogP contribution in [-0.4, -0.2) is 18.0 Å². The summed E-state index contributed by atoms with van der Waals surface area (Å²) in [5, 5.41) is 4.08. The highest BCUT2D eigenvalue weighted by Crippen LogP contribution is 2.33. The van der Waals surface area contributed by atoms with Crippen LogP contribution < -0.4 is 10.1 Å². The molecule has 4 nitrogen and oxygen atoms in total. The summed E-state index contributed by atoms with van der Waals surface area (Å²) in [5.41, 5.74) is 3.81. The molecular formula is C18H17ClN2O2S. The number of nitrogens with one attached hydrogen (secondary N) is 1. The van der Waals surface area contributed by atoms with Gasteiger partial charge in [-0.05, 0) is 42.7 Å². The third-order valence-electron chi connectivity index (χ3n) is 3.77. The van der Waals surface area contributed by atoms with Crippen molar-refractivity contribution >= 4 is 44.2 Å². The van der Waals surface area contributed by atoms with E-state index in [4.69, 9.17) is 16.3 Å². The van der Waals surface area contributed by atoms with Crippen LogP contribution in [0.1, 0.15) is 16.7 Å². The summed E-state index contributed by atoms with van der Waals surface area (Å²) < 4.78 is 6.13. The van der Waals surface area contributed by atoms with Crippen LogP contribution in [0.15, 0.2) is 30.3 Å². The second-order valence-electron chi connectivity index (χ2n) is 5.59. The van der Waals surface area contributed by atoms with Crippen LogP contribution in [0.5, 0.6) is 5.75 Å². The van der Waals surface area contributed by atoms with Gasteiger partial charge in [0.25, 0.3) is 0 Å². The first-order chi connectivity index (χ1) is 11.5. The number of fused-ring (bicyclic) bond motifs is 1. The van der Waals surface area contributed by atoms with Crippen LogP contribution in [0.4, 0.5) is 5.13 Å². The molecule has 2 aromatic carbocycles. The Balaban J connectivity index is 1.76. The largest absolute Gasteiger partial charge is 0.496 e. The van der Waals surface area contributed by atoms with Gasteiger partial charge >= 0.3 is 0 Å². The Hall–Kier alpha value is -2.11. The molecule has 0 unspecified atom stereocenters. The molecule has 3 rings (SSSR count). The van der Waals surface area contributed by atoms with Crippen molar-refractivity contribution in [2.75, 3.05) is 12.4 Å². The zero-order chi connectivity index (χ0) is 17.3. The summed E-state index contributed by atoms with van der Waals surface area (Å²) in [6.07, 6.45) is 0.285. The molecule has 0 aliphatic carbocycles. The summed E-state index contributed by atoms with van der Waals surface area (Å²) in [6.45, 7) is 3.93. The van der Waals surface area contributed by atoms with E-state index in [0.29, 0.717) is 10.2 Å². The maximum atomic E-state index is 12.3. The predicted octanol–water partition coefficient (Wildman–Crippen LogP) is 4.76. The van der Waals surface area contributed by atoms with E-state index in [0.717, 1.165) is 32.7 Å². The van der Waals surface area contributed by atoms with E-state index in [2.05, 4.69) is 10.3 Å². The summed E-state index contributed by atoms with van der Waals surface area (Å²) in [6, 6.07) is 9.50. The number of benzene rings is 2. The van der Waals surface area contributed by atoms with Gasteiger partial charge in [-0.3, -0.25) is 4.79 Å². The summed E-state index contributed by atoms with van der Waals surface area (Å²) in [5.74, 6) is 0.711. The first-order valence-electron chi connectivity index (χ1n) is 7.47. The third-order valence-corrected chi connectivity index (χ3v) is 5.20. The minimum absolute atomic E-state index is 0.104. The topological polar surface area (TPSA) is 51.2 Å². The normalized spacial score (nSPS) is 10.8. The van der Waals surface area contributed by atoms with Gasteiger partial charge in [0.05, 0.1) is 28.8 Å². The van der Waals surface area contributed by atoms with E-state index in [1.54, 1.807) is 7.11 Å². The number of amides is 1. The van der Waals surface area contributed by atoms with E-state index >= 15 is 0 Å².